The fraction of sp³-hybridized carbons (Fsp3) is 0.846. The van der Waals surface area contributed by atoms with E-state index in [-0.39, 0.29) is 24.0 Å². The number of carbonyl (C=O) groups excluding carboxylic acids is 1. The lowest BCUT2D eigenvalue weighted by Crippen LogP contribution is -2.53. The molecule has 5 heteroatoms. The topological polar surface area (TPSA) is 66.8 Å². The first-order chi connectivity index (χ1) is 8.34. The fourth-order valence-electron chi connectivity index (χ4n) is 2.58. The lowest BCUT2D eigenvalue weighted by Gasteiger charge is -2.40. The Morgan fingerprint density at radius 2 is 2.11 bits per heavy atom. The van der Waals surface area contributed by atoms with Gasteiger partial charge in [0.1, 0.15) is 0 Å². The molecule has 104 valence electrons. The zero-order chi connectivity index (χ0) is 13.9. The third kappa shape index (κ3) is 3.45. The van der Waals surface area contributed by atoms with E-state index < -0.39 is 11.9 Å². The molecule has 0 saturated carbocycles. The molecule has 1 rings (SSSR count). The Morgan fingerprint density at radius 3 is 2.61 bits per heavy atom. The minimum Gasteiger partial charge on any atom is -0.481 e. The molecular formula is C13H23NO4. The third-order valence-corrected chi connectivity index (χ3v) is 3.51. The molecule has 0 aromatic carbocycles. The van der Waals surface area contributed by atoms with Crippen molar-refractivity contribution in [3.8, 4) is 0 Å². The summed E-state index contributed by atoms with van der Waals surface area (Å²) in [5, 5.41) is 9.23. The van der Waals surface area contributed by atoms with Crippen LogP contribution in [0.4, 0.5) is 0 Å². The number of nitrogens with zero attached hydrogens (tertiary/aromatic N) is 1. The molecule has 18 heavy (non-hydrogen) atoms. The van der Waals surface area contributed by atoms with Crippen LogP contribution in [0, 0.1) is 11.8 Å². The summed E-state index contributed by atoms with van der Waals surface area (Å²) in [5.41, 5.74) is 0. The molecule has 1 heterocycles. The number of hydrogen-bond acceptors (Lipinski definition) is 3. The molecule has 0 spiro atoms. The summed E-state index contributed by atoms with van der Waals surface area (Å²) in [5.74, 6) is -1.38. The fourth-order valence-corrected chi connectivity index (χ4v) is 2.58. The highest BCUT2D eigenvalue weighted by Crippen LogP contribution is 2.29. The van der Waals surface area contributed by atoms with E-state index in [2.05, 4.69) is 0 Å². The first kappa shape index (κ1) is 15.0. The van der Waals surface area contributed by atoms with Crippen LogP contribution in [0.25, 0.3) is 0 Å². The van der Waals surface area contributed by atoms with Crippen molar-refractivity contribution in [1.82, 2.24) is 4.90 Å². The maximum absolute atomic E-state index is 11.9. The number of carbonyl (C=O) groups is 2. The van der Waals surface area contributed by atoms with Gasteiger partial charge in [0.15, 0.2) is 0 Å². The van der Waals surface area contributed by atoms with E-state index >= 15 is 0 Å². The van der Waals surface area contributed by atoms with Gasteiger partial charge in [0.25, 0.3) is 0 Å². The quantitative estimate of drug-likeness (QED) is 0.807. The van der Waals surface area contributed by atoms with Crippen LogP contribution < -0.4 is 0 Å². The Labute approximate surface area is 108 Å². The molecule has 0 aromatic heterocycles. The third-order valence-electron chi connectivity index (χ3n) is 3.51. The first-order valence-electron chi connectivity index (χ1n) is 6.48. The highest BCUT2D eigenvalue weighted by Gasteiger charge is 2.41. The zero-order valence-electron chi connectivity index (χ0n) is 11.5. The van der Waals surface area contributed by atoms with Crippen LogP contribution >= 0.6 is 0 Å². The average molecular weight is 257 g/mol. The summed E-state index contributed by atoms with van der Waals surface area (Å²) >= 11 is 0. The van der Waals surface area contributed by atoms with E-state index in [0.29, 0.717) is 19.6 Å². The van der Waals surface area contributed by atoms with Gasteiger partial charge in [-0.3, -0.25) is 9.59 Å². The number of rotatable bonds is 5. The minimum atomic E-state index is -0.822. The number of ether oxygens (including phenoxy) is 1. The Balaban J connectivity index is 2.65. The number of amides is 1. The Hall–Kier alpha value is -1.10. The molecular weight excluding hydrogens is 234 g/mol. The van der Waals surface area contributed by atoms with Crippen molar-refractivity contribution >= 4 is 11.9 Å². The van der Waals surface area contributed by atoms with Crippen molar-refractivity contribution in [2.75, 3.05) is 13.2 Å². The second-order valence-electron chi connectivity index (χ2n) is 5.29. The molecule has 3 atom stereocenters. The highest BCUT2D eigenvalue weighted by atomic mass is 16.5. The number of carboxylic acid groups (broad SMARTS) is 1. The van der Waals surface area contributed by atoms with Gasteiger partial charge in [0.2, 0.25) is 5.91 Å². The lowest BCUT2D eigenvalue weighted by molar-refractivity contribution is -0.155. The van der Waals surface area contributed by atoms with Gasteiger partial charge in [-0.25, -0.2) is 0 Å². The predicted molar refractivity (Wildman–Crippen MR) is 67.2 cm³/mol. The number of hydrogen-bond donors (Lipinski definition) is 1. The van der Waals surface area contributed by atoms with Crippen molar-refractivity contribution in [2.45, 2.75) is 46.3 Å². The van der Waals surface area contributed by atoms with E-state index in [1.165, 1.54) is 0 Å². The van der Waals surface area contributed by atoms with Gasteiger partial charge in [-0.2, -0.15) is 0 Å². The van der Waals surface area contributed by atoms with Gasteiger partial charge in [-0.15, -0.1) is 0 Å². The molecule has 0 aliphatic carbocycles. The predicted octanol–water partition coefficient (Wildman–Crippen LogP) is 1.37. The van der Waals surface area contributed by atoms with Crippen LogP contribution in [0.5, 0.6) is 0 Å². The SMILES string of the molecule is CC(C)OCCN1C(=O)CC(C)C(C(=O)O)C1C. The van der Waals surface area contributed by atoms with Crippen molar-refractivity contribution in [3.05, 3.63) is 0 Å². The van der Waals surface area contributed by atoms with Gasteiger partial charge < -0.3 is 14.7 Å². The van der Waals surface area contributed by atoms with Crippen LogP contribution in [0.3, 0.4) is 0 Å². The molecule has 1 aliphatic heterocycles. The molecule has 5 nitrogen and oxygen atoms in total. The molecule has 1 saturated heterocycles. The lowest BCUT2D eigenvalue weighted by atomic mass is 9.81. The summed E-state index contributed by atoms with van der Waals surface area (Å²) in [7, 11) is 0. The maximum atomic E-state index is 11.9. The maximum Gasteiger partial charge on any atom is 0.308 e. The number of likely N-dealkylation sites (tertiary alicyclic amines) is 1. The summed E-state index contributed by atoms with van der Waals surface area (Å²) in [6.07, 6.45) is 0.428. The second-order valence-corrected chi connectivity index (χ2v) is 5.29. The standard InChI is InChI=1S/C13H23NO4/c1-8(2)18-6-5-14-10(4)12(13(16)17)9(3)7-11(14)15/h8-10,12H,5-7H2,1-4H3,(H,16,17). The Morgan fingerprint density at radius 1 is 1.50 bits per heavy atom. The van der Waals surface area contributed by atoms with E-state index in [9.17, 15) is 14.7 Å². The molecule has 3 unspecified atom stereocenters. The second kappa shape index (κ2) is 6.18. The van der Waals surface area contributed by atoms with Crippen molar-refractivity contribution in [1.29, 1.82) is 0 Å². The Bertz CT molecular complexity index is 316. The largest absolute Gasteiger partial charge is 0.481 e. The van der Waals surface area contributed by atoms with Gasteiger partial charge in [0, 0.05) is 19.0 Å². The van der Waals surface area contributed by atoms with Crippen molar-refractivity contribution in [2.24, 2.45) is 11.8 Å². The molecule has 0 radical (unpaired) electrons. The summed E-state index contributed by atoms with van der Waals surface area (Å²) in [6.45, 7) is 8.42. The number of aliphatic carboxylic acids is 1. The molecule has 0 bridgehead atoms. The smallest absolute Gasteiger partial charge is 0.308 e. The minimum absolute atomic E-state index is 0.0276. The van der Waals surface area contributed by atoms with Crippen LogP contribution in [-0.2, 0) is 14.3 Å². The van der Waals surface area contributed by atoms with Gasteiger partial charge in [-0.1, -0.05) is 6.92 Å². The molecule has 1 amide bonds. The highest BCUT2D eigenvalue weighted by molar-refractivity contribution is 5.81. The van der Waals surface area contributed by atoms with Crippen LogP contribution in [0.2, 0.25) is 0 Å². The van der Waals surface area contributed by atoms with Crippen molar-refractivity contribution in [3.63, 3.8) is 0 Å². The monoisotopic (exact) mass is 257 g/mol. The van der Waals surface area contributed by atoms with E-state index in [0.717, 1.165) is 0 Å². The van der Waals surface area contributed by atoms with Crippen LogP contribution in [0.15, 0.2) is 0 Å². The Kier molecular flexibility index (Phi) is 5.14. The summed E-state index contributed by atoms with van der Waals surface area (Å²) < 4.78 is 5.42. The van der Waals surface area contributed by atoms with Gasteiger partial charge in [-0.05, 0) is 26.7 Å². The van der Waals surface area contributed by atoms with Gasteiger partial charge in [0.05, 0.1) is 18.6 Å². The molecule has 1 fully saturated rings. The van der Waals surface area contributed by atoms with E-state index in [1.54, 1.807) is 4.90 Å². The number of piperidine rings is 1. The molecule has 1 aliphatic rings. The zero-order valence-corrected chi connectivity index (χ0v) is 11.5. The van der Waals surface area contributed by atoms with Gasteiger partial charge >= 0.3 is 5.97 Å². The number of carboxylic acids is 1. The normalized spacial score (nSPS) is 28.8. The first-order valence-corrected chi connectivity index (χ1v) is 6.48. The van der Waals surface area contributed by atoms with Crippen LogP contribution in [0.1, 0.15) is 34.1 Å². The summed E-state index contributed by atoms with van der Waals surface area (Å²) in [6, 6.07) is -0.269. The average Bonchev–Trinajstić information content (AvgIpc) is 2.21. The van der Waals surface area contributed by atoms with Crippen molar-refractivity contribution < 1.29 is 19.4 Å². The molecule has 1 N–H and O–H groups in total. The summed E-state index contributed by atoms with van der Waals surface area (Å²) in [4.78, 5) is 24.8. The van der Waals surface area contributed by atoms with Crippen LogP contribution in [-0.4, -0.2) is 47.2 Å². The van der Waals surface area contributed by atoms with E-state index in [4.69, 9.17) is 4.74 Å². The van der Waals surface area contributed by atoms with E-state index in [1.807, 2.05) is 27.7 Å². The molecule has 0 aromatic rings.